The normalized spacial score (nSPS) is 21.5. The third-order valence-corrected chi connectivity index (χ3v) is 19.9. The molecule has 0 atom stereocenters. The number of anilines is 6. The van der Waals surface area contributed by atoms with Gasteiger partial charge in [0.2, 0.25) is 0 Å². The van der Waals surface area contributed by atoms with E-state index in [2.05, 4.69) is 225 Å². The molecular formula is C68H81BN2. The van der Waals surface area contributed by atoms with Crippen LogP contribution in [0.2, 0.25) is 0 Å². The van der Waals surface area contributed by atoms with E-state index in [1.807, 2.05) is 0 Å². The predicted octanol–water partition coefficient (Wildman–Crippen LogP) is 16.7. The average molecular weight is 937 g/mol. The van der Waals surface area contributed by atoms with Crippen LogP contribution < -0.4 is 26.2 Å². The monoisotopic (exact) mass is 937 g/mol. The summed E-state index contributed by atoms with van der Waals surface area (Å²) in [5, 5.41) is 0. The molecule has 3 heteroatoms. The van der Waals surface area contributed by atoms with Crippen LogP contribution in [0.1, 0.15) is 212 Å². The molecule has 6 aromatic carbocycles. The number of nitrogens with zero attached hydrogens (tertiary/aromatic N) is 2. The van der Waals surface area contributed by atoms with Crippen molar-refractivity contribution in [3.8, 4) is 11.1 Å². The SMILES string of the molecule is Cc1cc2c3c(c1)N(c1ccc4c(c1C(C)(C)C)C(C)(C)c1ccccc1-4)c1cc4c(cc1B3c1cc3c(cc1N2c1ccc2c(c1)C(C)(C)CCC2(C)C)C(C)(C)CCC3(C)C)C(C)(C)CCC4(C)C. The maximum absolute atomic E-state index is 2.79. The second-order valence-electron chi connectivity index (χ2n) is 29.1. The maximum atomic E-state index is 2.79. The number of rotatable bonds is 2. The zero-order valence-corrected chi connectivity index (χ0v) is 46.9. The van der Waals surface area contributed by atoms with Gasteiger partial charge >= 0.3 is 0 Å². The summed E-state index contributed by atoms with van der Waals surface area (Å²) < 4.78 is 0. The Bertz CT molecular complexity index is 3300. The van der Waals surface area contributed by atoms with E-state index < -0.39 is 0 Å². The van der Waals surface area contributed by atoms with Gasteiger partial charge in [0.15, 0.2) is 0 Å². The minimum absolute atomic E-state index is 0.0444. The Morgan fingerprint density at radius 2 is 0.859 bits per heavy atom. The number of benzene rings is 6. The smallest absolute Gasteiger partial charge is 0.252 e. The molecule has 0 amide bonds. The standard InChI is InChI=1S/C68H81BN2/c1-40-33-56-60-57(34-40)71(53-26-24-43-42-21-19-20-22-44(42)68(17,18)58(43)59(53)61(2,3)4)55-39-50-48(65(11,12)30-32-67(50,15)16)37-52(55)69(60)51-36-47-49(66(13,14)31-29-64(47,9)10)38-54(51)70(56)41-23-25-45-46(35-41)63(7,8)28-27-62(45,5)6/h19-26,33-39H,27-32H2,1-18H3. The number of fused-ring (bicyclic) bond motifs is 10. The predicted molar refractivity (Wildman–Crippen MR) is 307 cm³/mol. The van der Waals surface area contributed by atoms with Gasteiger partial charge in [-0.05, 0) is 209 Å². The lowest BCUT2D eigenvalue weighted by Gasteiger charge is -2.49. The Hall–Kier alpha value is -5.02. The molecule has 366 valence electrons. The van der Waals surface area contributed by atoms with E-state index in [1.165, 1.54) is 156 Å². The van der Waals surface area contributed by atoms with Gasteiger partial charge in [0.25, 0.3) is 6.71 Å². The van der Waals surface area contributed by atoms with Crippen molar-refractivity contribution in [2.24, 2.45) is 0 Å². The molecule has 0 spiro atoms. The van der Waals surface area contributed by atoms with Gasteiger partial charge in [-0.15, -0.1) is 0 Å². The van der Waals surface area contributed by atoms with Gasteiger partial charge in [-0.1, -0.05) is 166 Å². The lowest BCUT2D eigenvalue weighted by atomic mass is 9.32. The molecular weight excluding hydrogens is 856 g/mol. The molecule has 0 saturated carbocycles. The number of hydrogen-bond donors (Lipinski definition) is 0. The molecule has 71 heavy (non-hydrogen) atoms. The highest BCUT2D eigenvalue weighted by Gasteiger charge is 2.50. The highest BCUT2D eigenvalue weighted by Crippen LogP contribution is 2.58. The van der Waals surface area contributed by atoms with Crippen molar-refractivity contribution < 1.29 is 0 Å². The van der Waals surface area contributed by atoms with Crippen LogP contribution in [0.25, 0.3) is 11.1 Å². The van der Waals surface area contributed by atoms with Gasteiger partial charge in [0.1, 0.15) is 0 Å². The summed E-state index contributed by atoms with van der Waals surface area (Å²) in [4.78, 5) is 5.54. The van der Waals surface area contributed by atoms with Gasteiger partial charge in [-0.2, -0.15) is 0 Å². The first kappa shape index (κ1) is 47.0. The zero-order chi connectivity index (χ0) is 50.7. The van der Waals surface area contributed by atoms with Crippen molar-refractivity contribution >= 4 is 57.2 Å². The van der Waals surface area contributed by atoms with Crippen LogP contribution in [0.15, 0.2) is 91.0 Å². The minimum Gasteiger partial charge on any atom is -0.311 e. The number of hydrogen-bond acceptors (Lipinski definition) is 2. The van der Waals surface area contributed by atoms with Crippen molar-refractivity contribution in [3.63, 3.8) is 0 Å². The fourth-order valence-electron chi connectivity index (χ4n) is 15.3. The van der Waals surface area contributed by atoms with Crippen molar-refractivity contribution in [3.05, 3.63) is 147 Å². The van der Waals surface area contributed by atoms with Gasteiger partial charge in [-0.3, -0.25) is 0 Å². The van der Waals surface area contributed by atoms with Crippen LogP contribution in [0.3, 0.4) is 0 Å². The van der Waals surface area contributed by atoms with Gasteiger partial charge in [-0.25, -0.2) is 0 Å². The quantitative estimate of drug-likeness (QED) is 0.159. The van der Waals surface area contributed by atoms with Crippen LogP contribution in [-0.4, -0.2) is 6.71 Å². The van der Waals surface area contributed by atoms with Gasteiger partial charge in [0, 0.05) is 33.9 Å². The summed E-state index contributed by atoms with van der Waals surface area (Å²) in [6.45, 7) is 44.8. The van der Waals surface area contributed by atoms with E-state index in [-0.39, 0.29) is 50.0 Å². The van der Waals surface area contributed by atoms with E-state index in [4.69, 9.17) is 0 Å². The first-order valence-corrected chi connectivity index (χ1v) is 27.5. The fourth-order valence-corrected chi connectivity index (χ4v) is 15.3. The number of aryl methyl sites for hydroxylation is 1. The molecule has 2 aliphatic heterocycles. The second kappa shape index (κ2) is 14.4. The summed E-state index contributed by atoms with van der Waals surface area (Å²) in [6.07, 6.45) is 7.13. The molecule has 0 aromatic heterocycles. The Morgan fingerprint density at radius 3 is 1.38 bits per heavy atom. The molecule has 0 saturated heterocycles. The third kappa shape index (κ3) is 6.51. The topological polar surface area (TPSA) is 6.48 Å². The fraction of sp³-hybridized carbons (Fsp3) is 0.471. The Morgan fingerprint density at radius 1 is 0.408 bits per heavy atom. The average Bonchev–Trinajstić information content (AvgIpc) is 3.52. The molecule has 12 rings (SSSR count). The van der Waals surface area contributed by atoms with Crippen LogP contribution in [0.5, 0.6) is 0 Å². The van der Waals surface area contributed by atoms with Crippen LogP contribution in [-0.2, 0) is 43.3 Å². The molecule has 4 aliphatic carbocycles. The molecule has 0 unspecified atom stereocenters. The third-order valence-electron chi connectivity index (χ3n) is 19.9. The second-order valence-corrected chi connectivity index (χ2v) is 29.1. The van der Waals surface area contributed by atoms with E-state index in [0.29, 0.717) is 0 Å². The molecule has 0 radical (unpaired) electrons. The van der Waals surface area contributed by atoms with Crippen LogP contribution in [0, 0.1) is 6.92 Å². The molecule has 6 aliphatic rings. The summed E-state index contributed by atoms with van der Waals surface area (Å²) in [5.41, 5.74) is 30.0. The Balaban J connectivity index is 1.23. The largest absolute Gasteiger partial charge is 0.311 e. The van der Waals surface area contributed by atoms with Gasteiger partial charge in [0.05, 0.1) is 5.69 Å². The first-order valence-electron chi connectivity index (χ1n) is 27.5. The summed E-state index contributed by atoms with van der Waals surface area (Å²) in [6, 6.07) is 37.9. The van der Waals surface area contributed by atoms with Crippen LogP contribution >= 0.6 is 0 Å². The lowest BCUT2D eigenvalue weighted by Crippen LogP contribution is -2.62. The molecule has 0 N–H and O–H groups in total. The minimum atomic E-state index is -0.163. The highest BCUT2D eigenvalue weighted by molar-refractivity contribution is 7.00. The van der Waals surface area contributed by atoms with Crippen molar-refractivity contribution in [2.45, 2.75) is 206 Å². The Labute approximate surface area is 429 Å². The maximum Gasteiger partial charge on any atom is 0.252 e. The highest BCUT2D eigenvalue weighted by atomic mass is 15.2. The summed E-state index contributed by atoms with van der Waals surface area (Å²) >= 11 is 0. The zero-order valence-electron chi connectivity index (χ0n) is 46.9. The molecule has 0 bridgehead atoms. The molecule has 0 fully saturated rings. The summed E-state index contributed by atoms with van der Waals surface area (Å²) in [7, 11) is 0. The van der Waals surface area contributed by atoms with Crippen molar-refractivity contribution in [1.82, 2.24) is 0 Å². The Kier molecular flexibility index (Phi) is 9.53. The molecule has 2 heterocycles. The molecule has 6 aromatic rings. The van der Waals surface area contributed by atoms with E-state index in [9.17, 15) is 0 Å². The van der Waals surface area contributed by atoms with E-state index in [0.717, 1.165) is 0 Å². The summed E-state index contributed by atoms with van der Waals surface area (Å²) in [5.74, 6) is 0. The molecule has 2 nitrogen and oxygen atoms in total. The van der Waals surface area contributed by atoms with Crippen molar-refractivity contribution in [2.75, 3.05) is 9.80 Å². The first-order chi connectivity index (χ1) is 33.0. The van der Waals surface area contributed by atoms with E-state index >= 15 is 0 Å². The van der Waals surface area contributed by atoms with E-state index in [1.54, 1.807) is 0 Å². The lowest BCUT2D eigenvalue weighted by molar-refractivity contribution is 0.332. The van der Waals surface area contributed by atoms with Gasteiger partial charge < -0.3 is 9.80 Å². The van der Waals surface area contributed by atoms with Crippen LogP contribution in [0.4, 0.5) is 34.1 Å². The van der Waals surface area contributed by atoms with Crippen molar-refractivity contribution in [1.29, 1.82) is 0 Å².